The third-order valence-corrected chi connectivity index (χ3v) is 3.93. The Morgan fingerprint density at radius 1 is 1.20 bits per heavy atom. The van der Waals surface area contributed by atoms with Crippen LogP contribution < -0.4 is 4.90 Å². The Balaban J connectivity index is 1.79. The van der Waals surface area contributed by atoms with E-state index in [4.69, 9.17) is 0 Å². The maximum atomic E-state index is 2.53. The summed E-state index contributed by atoms with van der Waals surface area (Å²) in [6, 6.07) is 10.4. The van der Waals surface area contributed by atoms with Crippen molar-refractivity contribution in [3.05, 3.63) is 29.8 Å². The van der Waals surface area contributed by atoms with Crippen LogP contribution in [0, 0.1) is 6.92 Å². The Morgan fingerprint density at radius 2 is 1.93 bits per heavy atom. The van der Waals surface area contributed by atoms with E-state index in [1.807, 2.05) is 0 Å². The van der Waals surface area contributed by atoms with Gasteiger partial charge in [0.25, 0.3) is 0 Å². The molecule has 1 aromatic carbocycles. The molecule has 2 bridgehead atoms. The number of anilines is 1. The lowest BCUT2D eigenvalue weighted by atomic mass is 9.88. The summed E-state index contributed by atoms with van der Waals surface area (Å²) < 4.78 is 0. The molecule has 0 spiro atoms. The number of aryl methyl sites for hydroxylation is 1. The molecule has 3 aliphatic rings. The van der Waals surface area contributed by atoms with Gasteiger partial charge >= 0.3 is 0 Å². The Hall–Kier alpha value is -1.02. The molecule has 0 N–H and O–H groups in total. The zero-order valence-electron chi connectivity index (χ0n) is 9.48. The lowest BCUT2D eigenvalue weighted by Crippen LogP contribution is -2.67. The summed E-state index contributed by atoms with van der Waals surface area (Å²) in [5.41, 5.74) is 2.76. The largest absolute Gasteiger partial charge is 0.368 e. The SMILES string of the molecule is Cc1cccc(N2CC3CC(C2)N3C)c1. The van der Waals surface area contributed by atoms with Crippen molar-refractivity contribution in [1.29, 1.82) is 0 Å². The van der Waals surface area contributed by atoms with Gasteiger partial charge < -0.3 is 4.90 Å². The third kappa shape index (κ3) is 1.44. The van der Waals surface area contributed by atoms with Gasteiger partial charge in [-0.25, -0.2) is 0 Å². The Bertz CT molecular complexity index is 363. The summed E-state index contributed by atoms with van der Waals surface area (Å²) in [4.78, 5) is 5.05. The summed E-state index contributed by atoms with van der Waals surface area (Å²) in [5.74, 6) is 0. The number of hydrogen-bond donors (Lipinski definition) is 0. The van der Waals surface area contributed by atoms with Gasteiger partial charge in [0.2, 0.25) is 0 Å². The van der Waals surface area contributed by atoms with E-state index in [0.29, 0.717) is 0 Å². The molecule has 15 heavy (non-hydrogen) atoms. The van der Waals surface area contributed by atoms with E-state index >= 15 is 0 Å². The van der Waals surface area contributed by atoms with Crippen LogP contribution in [0.4, 0.5) is 5.69 Å². The predicted octanol–water partition coefficient (Wildman–Crippen LogP) is 1.89. The molecule has 0 amide bonds. The lowest BCUT2D eigenvalue weighted by Gasteiger charge is -2.55. The Morgan fingerprint density at radius 3 is 2.53 bits per heavy atom. The van der Waals surface area contributed by atoms with E-state index in [-0.39, 0.29) is 0 Å². The van der Waals surface area contributed by atoms with Crippen molar-refractivity contribution in [2.75, 3.05) is 25.0 Å². The molecule has 4 rings (SSSR count). The second-order valence-corrected chi connectivity index (χ2v) is 4.95. The quantitative estimate of drug-likeness (QED) is 0.686. The molecule has 3 saturated heterocycles. The lowest BCUT2D eigenvalue weighted by molar-refractivity contribution is 0.0264. The molecule has 1 aromatic rings. The van der Waals surface area contributed by atoms with Crippen molar-refractivity contribution in [1.82, 2.24) is 4.90 Å². The first-order valence-electron chi connectivity index (χ1n) is 5.77. The van der Waals surface area contributed by atoms with Crippen molar-refractivity contribution >= 4 is 5.69 Å². The van der Waals surface area contributed by atoms with Crippen LogP contribution in [0.15, 0.2) is 24.3 Å². The van der Waals surface area contributed by atoms with Crippen LogP contribution in [-0.2, 0) is 0 Å². The average molecular weight is 202 g/mol. The topological polar surface area (TPSA) is 6.48 Å². The van der Waals surface area contributed by atoms with Crippen LogP contribution in [0.25, 0.3) is 0 Å². The van der Waals surface area contributed by atoms with Crippen LogP contribution in [0.2, 0.25) is 0 Å². The second kappa shape index (κ2) is 3.24. The van der Waals surface area contributed by atoms with Gasteiger partial charge in [0.05, 0.1) is 0 Å². The van der Waals surface area contributed by atoms with Crippen molar-refractivity contribution in [3.63, 3.8) is 0 Å². The molecule has 0 aromatic heterocycles. The fourth-order valence-corrected chi connectivity index (χ4v) is 2.83. The van der Waals surface area contributed by atoms with Gasteiger partial charge in [-0.3, -0.25) is 4.90 Å². The molecule has 2 unspecified atom stereocenters. The monoisotopic (exact) mass is 202 g/mol. The molecule has 2 heteroatoms. The minimum Gasteiger partial charge on any atom is -0.368 e. The van der Waals surface area contributed by atoms with Crippen molar-refractivity contribution in [3.8, 4) is 0 Å². The Kier molecular flexibility index (Phi) is 1.99. The Labute approximate surface area is 91.5 Å². The van der Waals surface area contributed by atoms with Crippen molar-refractivity contribution in [2.45, 2.75) is 25.4 Å². The molecule has 0 saturated carbocycles. The number of nitrogens with zero attached hydrogens (tertiary/aromatic N) is 2. The maximum Gasteiger partial charge on any atom is 0.0369 e. The summed E-state index contributed by atoms with van der Waals surface area (Å²) in [7, 11) is 2.26. The summed E-state index contributed by atoms with van der Waals surface area (Å²) in [5, 5.41) is 0. The standard InChI is InChI=1S/C13H18N2/c1-10-4-3-5-11(6-10)15-8-12-7-13(9-15)14(12)2/h3-6,12-13H,7-9H2,1-2H3. The normalized spacial score (nSPS) is 30.1. The fourth-order valence-electron chi connectivity index (χ4n) is 2.83. The fraction of sp³-hybridized carbons (Fsp3) is 0.538. The highest BCUT2D eigenvalue weighted by molar-refractivity contribution is 5.50. The highest BCUT2D eigenvalue weighted by atomic mass is 15.3. The van der Waals surface area contributed by atoms with E-state index < -0.39 is 0 Å². The van der Waals surface area contributed by atoms with Gasteiger partial charge in [-0.15, -0.1) is 0 Å². The highest BCUT2D eigenvalue weighted by Crippen LogP contribution is 2.33. The molecule has 2 nitrogen and oxygen atoms in total. The van der Waals surface area contributed by atoms with Gasteiger partial charge in [-0.05, 0) is 38.1 Å². The van der Waals surface area contributed by atoms with Crippen molar-refractivity contribution in [2.24, 2.45) is 0 Å². The van der Waals surface area contributed by atoms with E-state index in [2.05, 4.69) is 48.0 Å². The summed E-state index contributed by atoms with van der Waals surface area (Å²) in [6.07, 6.45) is 1.40. The average Bonchev–Trinajstić information content (AvgIpc) is 2.28. The van der Waals surface area contributed by atoms with Crippen LogP contribution in [0.5, 0.6) is 0 Å². The zero-order chi connectivity index (χ0) is 10.4. The molecule has 2 atom stereocenters. The molecule has 0 aliphatic carbocycles. The van der Waals surface area contributed by atoms with Crippen LogP contribution in [0.3, 0.4) is 0 Å². The van der Waals surface area contributed by atoms with Gasteiger partial charge in [-0.2, -0.15) is 0 Å². The summed E-state index contributed by atoms with van der Waals surface area (Å²) >= 11 is 0. The van der Waals surface area contributed by atoms with Gasteiger partial charge in [-0.1, -0.05) is 12.1 Å². The zero-order valence-corrected chi connectivity index (χ0v) is 9.48. The molecular formula is C13H18N2. The summed E-state index contributed by atoms with van der Waals surface area (Å²) in [6.45, 7) is 4.58. The van der Waals surface area contributed by atoms with Crippen LogP contribution in [0.1, 0.15) is 12.0 Å². The molecule has 3 heterocycles. The van der Waals surface area contributed by atoms with Crippen molar-refractivity contribution < 1.29 is 0 Å². The van der Waals surface area contributed by atoms with Gasteiger partial charge in [0.15, 0.2) is 0 Å². The van der Waals surface area contributed by atoms with Gasteiger partial charge in [0, 0.05) is 30.9 Å². The number of piperidine rings is 1. The number of rotatable bonds is 1. The number of hydrogen-bond acceptors (Lipinski definition) is 2. The molecule has 3 fully saturated rings. The number of fused-ring (bicyclic) bond motifs is 2. The minimum atomic E-state index is 0.796. The molecule has 0 radical (unpaired) electrons. The number of piperazine rings is 1. The van der Waals surface area contributed by atoms with E-state index in [9.17, 15) is 0 Å². The third-order valence-electron chi connectivity index (χ3n) is 3.93. The number of likely N-dealkylation sites (N-methyl/N-ethyl adjacent to an activating group) is 1. The smallest absolute Gasteiger partial charge is 0.0369 e. The van der Waals surface area contributed by atoms with E-state index in [1.54, 1.807) is 0 Å². The first kappa shape index (κ1) is 9.22. The first-order valence-corrected chi connectivity index (χ1v) is 5.77. The van der Waals surface area contributed by atoms with Crippen LogP contribution in [-0.4, -0.2) is 37.1 Å². The minimum absolute atomic E-state index is 0.796. The molecular weight excluding hydrogens is 184 g/mol. The van der Waals surface area contributed by atoms with E-state index in [0.717, 1.165) is 12.1 Å². The maximum absolute atomic E-state index is 2.53. The molecule has 3 aliphatic heterocycles. The molecule has 80 valence electrons. The van der Waals surface area contributed by atoms with Gasteiger partial charge in [0.1, 0.15) is 0 Å². The first-order chi connectivity index (χ1) is 7.24. The highest BCUT2D eigenvalue weighted by Gasteiger charge is 2.41. The van der Waals surface area contributed by atoms with Crippen LogP contribution >= 0.6 is 0 Å². The number of benzene rings is 1. The predicted molar refractivity (Wildman–Crippen MR) is 63.3 cm³/mol. The second-order valence-electron chi connectivity index (χ2n) is 4.95. The van der Waals surface area contributed by atoms with E-state index in [1.165, 1.54) is 30.8 Å².